The van der Waals surface area contributed by atoms with Gasteiger partial charge in [-0.15, -0.1) is 0 Å². The van der Waals surface area contributed by atoms with E-state index in [0.717, 1.165) is 18.2 Å². The Kier molecular flexibility index (Phi) is 5.80. The number of benzene rings is 2. The molecule has 2 rings (SSSR count). The van der Waals surface area contributed by atoms with Crippen LogP contribution in [0.3, 0.4) is 0 Å². The predicted octanol–water partition coefficient (Wildman–Crippen LogP) is 4.10. The Morgan fingerprint density at radius 3 is 2.10 bits per heavy atom. The first kappa shape index (κ1) is 21.7. The average Bonchev–Trinajstić information content (AvgIpc) is 2.60. The maximum atomic E-state index is 13.1. The molecule has 29 heavy (non-hydrogen) atoms. The zero-order valence-electron chi connectivity index (χ0n) is 13.9. The minimum atomic E-state index is -5.25. The van der Waals surface area contributed by atoms with Gasteiger partial charge in [-0.25, -0.2) is 5.43 Å². The number of non-ortho nitro benzene ring substituents is 1. The highest BCUT2D eigenvalue weighted by Crippen LogP contribution is 2.39. The molecule has 0 aliphatic carbocycles. The van der Waals surface area contributed by atoms with Crippen molar-refractivity contribution in [2.45, 2.75) is 12.4 Å². The quantitative estimate of drug-likeness (QED) is 0.336. The predicted molar refractivity (Wildman–Crippen MR) is 86.3 cm³/mol. The molecule has 2 aromatic carbocycles. The Hall–Kier alpha value is -3.64. The Labute approximate surface area is 157 Å². The van der Waals surface area contributed by atoms with Crippen molar-refractivity contribution in [1.82, 2.24) is 5.43 Å². The van der Waals surface area contributed by atoms with E-state index in [1.54, 1.807) is 0 Å². The van der Waals surface area contributed by atoms with Gasteiger partial charge in [0.1, 0.15) is 5.75 Å². The van der Waals surface area contributed by atoms with Gasteiger partial charge in [-0.1, -0.05) is 6.07 Å². The number of halogens is 6. The summed E-state index contributed by atoms with van der Waals surface area (Å²) in [4.78, 5) is 21.9. The van der Waals surface area contributed by atoms with Gasteiger partial charge in [-0.2, -0.15) is 31.4 Å². The molecule has 0 aliphatic heterocycles. The van der Waals surface area contributed by atoms with E-state index in [9.17, 15) is 46.4 Å². The van der Waals surface area contributed by atoms with E-state index in [-0.39, 0.29) is 5.56 Å². The van der Waals surface area contributed by atoms with Crippen molar-refractivity contribution in [3.05, 3.63) is 68.8 Å². The normalized spacial score (nSPS) is 12.2. The molecule has 0 bridgehead atoms. The van der Waals surface area contributed by atoms with Gasteiger partial charge in [-0.05, 0) is 18.2 Å². The molecule has 0 aliphatic rings. The number of alkyl halides is 6. The highest BCUT2D eigenvalue weighted by atomic mass is 19.4. The highest BCUT2D eigenvalue weighted by Gasteiger charge is 2.42. The number of phenolic OH excluding ortho intramolecular Hbond substituents is 1. The molecule has 0 radical (unpaired) electrons. The largest absolute Gasteiger partial charge is 0.507 e. The van der Waals surface area contributed by atoms with Gasteiger partial charge >= 0.3 is 12.4 Å². The third-order valence-electron chi connectivity index (χ3n) is 3.49. The van der Waals surface area contributed by atoms with Crippen LogP contribution in [0.5, 0.6) is 5.75 Å². The van der Waals surface area contributed by atoms with E-state index in [1.165, 1.54) is 5.43 Å². The first-order valence-corrected chi connectivity index (χ1v) is 7.40. The van der Waals surface area contributed by atoms with E-state index >= 15 is 0 Å². The Morgan fingerprint density at radius 2 is 1.62 bits per heavy atom. The molecule has 0 unspecified atom stereocenters. The second-order valence-electron chi connectivity index (χ2n) is 5.42. The number of nitrogens with zero attached hydrogens (tertiary/aromatic N) is 2. The summed E-state index contributed by atoms with van der Waals surface area (Å²) >= 11 is 0. The van der Waals surface area contributed by atoms with Crippen LogP contribution >= 0.6 is 0 Å². The summed E-state index contributed by atoms with van der Waals surface area (Å²) in [5.74, 6) is -2.34. The van der Waals surface area contributed by atoms with Gasteiger partial charge in [0.05, 0.1) is 27.8 Å². The number of phenols is 1. The van der Waals surface area contributed by atoms with Crippen molar-refractivity contribution in [3.63, 3.8) is 0 Å². The fourth-order valence-electron chi connectivity index (χ4n) is 2.24. The number of nitrogens with one attached hydrogen (secondary N) is 1. The van der Waals surface area contributed by atoms with Crippen LogP contribution in [0.15, 0.2) is 41.5 Å². The second-order valence-corrected chi connectivity index (χ2v) is 5.42. The molecule has 0 aromatic heterocycles. The zero-order valence-corrected chi connectivity index (χ0v) is 13.9. The number of hydrazone groups is 1. The van der Waals surface area contributed by atoms with Crippen molar-refractivity contribution >= 4 is 17.8 Å². The van der Waals surface area contributed by atoms with Gasteiger partial charge in [0, 0.05) is 17.7 Å². The van der Waals surface area contributed by atoms with Gasteiger partial charge in [0.25, 0.3) is 11.6 Å². The number of nitro groups is 1. The molecular formula is C16H9F6N3O4. The van der Waals surface area contributed by atoms with E-state index in [0.29, 0.717) is 24.4 Å². The van der Waals surface area contributed by atoms with E-state index < -0.39 is 51.3 Å². The van der Waals surface area contributed by atoms with Crippen LogP contribution in [-0.2, 0) is 12.4 Å². The van der Waals surface area contributed by atoms with Crippen LogP contribution in [-0.4, -0.2) is 22.2 Å². The molecule has 0 saturated carbocycles. The van der Waals surface area contributed by atoms with Crippen LogP contribution in [0, 0.1) is 10.1 Å². The summed E-state index contributed by atoms with van der Waals surface area (Å²) < 4.78 is 78.3. The maximum Gasteiger partial charge on any atom is 0.417 e. The summed E-state index contributed by atoms with van der Waals surface area (Å²) in [6.45, 7) is 0. The molecule has 154 valence electrons. The Bertz CT molecular complexity index is 953. The van der Waals surface area contributed by atoms with Gasteiger partial charge in [-0.3, -0.25) is 14.9 Å². The van der Waals surface area contributed by atoms with Crippen LogP contribution < -0.4 is 5.43 Å². The number of carbonyl (C=O) groups excluding carboxylic acids is 1. The minimum absolute atomic E-state index is 0.306. The summed E-state index contributed by atoms with van der Waals surface area (Å²) in [6.07, 6.45) is -9.88. The Balaban J connectivity index is 2.40. The van der Waals surface area contributed by atoms with Crippen LogP contribution in [0.25, 0.3) is 0 Å². The molecule has 0 saturated heterocycles. The molecule has 0 fully saturated rings. The molecule has 2 aromatic rings. The molecule has 13 heteroatoms. The SMILES string of the molecule is O=C(NN=Cc1cc([N+](=O)[O-])ccc1O)c1c(C(F)(F)F)cccc1C(F)(F)F. The fourth-order valence-corrected chi connectivity index (χ4v) is 2.24. The number of carbonyl (C=O) groups is 1. The lowest BCUT2D eigenvalue weighted by molar-refractivity contribution is -0.384. The molecular weight excluding hydrogens is 412 g/mol. The number of hydrogen-bond donors (Lipinski definition) is 2. The first-order chi connectivity index (χ1) is 13.3. The third kappa shape index (κ3) is 5.00. The van der Waals surface area contributed by atoms with Crippen LogP contribution in [0.4, 0.5) is 32.0 Å². The monoisotopic (exact) mass is 421 g/mol. The van der Waals surface area contributed by atoms with Gasteiger partial charge in [0.2, 0.25) is 0 Å². The van der Waals surface area contributed by atoms with Crippen LogP contribution in [0.1, 0.15) is 27.0 Å². The van der Waals surface area contributed by atoms with Crippen molar-refractivity contribution in [2.24, 2.45) is 5.10 Å². The number of aromatic hydroxyl groups is 1. The molecule has 0 heterocycles. The lowest BCUT2D eigenvalue weighted by Gasteiger charge is -2.17. The summed E-state index contributed by atoms with van der Waals surface area (Å²) in [5.41, 5.74) is -4.61. The summed E-state index contributed by atoms with van der Waals surface area (Å²) in [5, 5.41) is 23.5. The van der Waals surface area contributed by atoms with Crippen molar-refractivity contribution in [1.29, 1.82) is 0 Å². The maximum absolute atomic E-state index is 13.1. The number of rotatable bonds is 4. The number of nitro benzene ring substituents is 1. The topological polar surface area (TPSA) is 105 Å². The van der Waals surface area contributed by atoms with E-state index in [1.807, 2.05) is 0 Å². The number of amides is 1. The lowest BCUT2D eigenvalue weighted by atomic mass is 9.99. The Morgan fingerprint density at radius 1 is 1.07 bits per heavy atom. The third-order valence-corrected chi connectivity index (χ3v) is 3.49. The first-order valence-electron chi connectivity index (χ1n) is 7.40. The number of hydrogen-bond acceptors (Lipinski definition) is 5. The van der Waals surface area contributed by atoms with Crippen molar-refractivity contribution in [2.75, 3.05) is 0 Å². The minimum Gasteiger partial charge on any atom is -0.507 e. The summed E-state index contributed by atoms with van der Waals surface area (Å²) in [6, 6.07) is 3.81. The van der Waals surface area contributed by atoms with E-state index in [4.69, 9.17) is 0 Å². The molecule has 1 amide bonds. The van der Waals surface area contributed by atoms with Gasteiger partial charge in [0.15, 0.2) is 0 Å². The highest BCUT2D eigenvalue weighted by molar-refractivity contribution is 5.98. The standard InChI is InChI=1S/C16H9F6N3O4/c17-15(18,19)10-2-1-3-11(16(20,21)22)13(10)14(27)24-23-7-8-6-9(25(28)29)4-5-12(8)26/h1-7,26H,(H,24,27). The zero-order chi connectivity index (χ0) is 22.0. The molecule has 7 nitrogen and oxygen atoms in total. The molecule has 2 N–H and O–H groups in total. The van der Waals surface area contributed by atoms with Crippen molar-refractivity contribution < 1.29 is 41.2 Å². The van der Waals surface area contributed by atoms with Crippen molar-refractivity contribution in [3.8, 4) is 5.75 Å². The smallest absolute Gasteiger partial charge is 0.417 e. The lowest BCUT2D eigenvalue weighted by Crippen LogP contribution is -2.26. The molecule has 0 spiro atoms. The average molecular weight is 421 g/mol. The summed E-state index contributed by atoms with van der Waals surface area (Å²) in [7, 11) is 0. The second kappa shape index (κ2) is 7.77. The van der Waals surface area contributed by atoms with Crippen LogP contribution in [0.2, 0.25) is 0 Å². The fraction of sp³-hybridized carbons (Fsp3) is 0.125. The van der Waals surface area contributed by atoms with E-state index in [2.05, 4.69) is 5.10 Å². The van der Waals surface area contributed by atoms with Gasteiger partial charge < -0.3 is 5.11 Å². The molecule has 0 atom stereocenters.